The monoisotopic (exact) mass is 487 g/mol. The molecule has 1 N–H and O–H groups in total. The number of benzene rings is 1. The van der Waals surface area contributed by atoms with Crippen molar-refractivity contribution in [1.82, 2.24) is 25.5 Å². The molecule has 1 aliphatic carbocycles. The van der Waals surface area contributed by atoms with Gasteiger partial charge in [0, 0.05) is 16.4 Å². The van der Waals surface area contributed by atoms with Crippen molar-refractivity contribution >= 4 is 21.9 Å². The summed E-state index contributed by atoms with van der Waals surface area (Å²) in [4.78, 5) is 12.0. The smallest absolute Gasteiger partial charge is 0.373 e. The molecule has 1 fully saturated rings. The normalized spacial score (nSPS) is 15.6. The van der Waals surface area contributed by atoms with E-state index < -0.39 is 5.97 Å². The largest absolute Gasteiger partial charge is 0.463 e. The number of esters is 1. The van der Waals surface area contributed by atoms with Crippen LogP contribution in [0.1, 0.15) is 64.6 Å². The van der Waals surface area contributed by atoms with Gasteiger partial charge in [0.1, 0.15) is 5.76 Å². The van der Waals surface area contributed by atoms with Gasteiger partial charge < -0.3 is 14.5 Å². The van der Waals surface area contributed by atoms with Crippen LogP contribution in [-0.2, 0) is 11.2 Å². The number of nitrogens with one attached hydrogen (secondary N) is 1. The van der Waals surface area contributed by atoms with Crippen LogP contribution < -0.4 is 5.32 Å². The van der Waals surface area contributed by atoms with E-state index in [1.165, 1.54) is 7.11 Å². The van der Waals surface area contributed by atoms with Crippen LogP contribution in [0.15, 0.2) is 28.7 Å². The van der Waals surface area contributed by atoms with Crippen molar-refractivity contribution in [3.8, 4) is 5.69 Å². The molecule has 0 bridgehead atoms. The van der Waals surface area contributed by atoms with Crippen LogP contribution in [0.4, 0.5) is 0 Å². The second-order valence-corrected chi connectivity index (χ2v) is 9.65. The van der Waals surface area contributed by atoms with Crippen LogP contribution in [0.2, 0.25) is 0 Å². The molecule has 2 heterocycles. The molecule has 164 valence electrons. The molecule has 1 aliphatic rings. The summed E-state index contributed by atoms with van der Waals surface area (Å²) in [6.45, 7) is 6.73. The topological polar surface area (TPSA) is 95.1 Å². The highest BCUT2D eigenvalue weighted by atomic mass is 79.9. The molecule has 31 heavy (non-hydrogen) atoms. The molecule has 1 unspecified atom stereocenters. The summed E-state index contributed by atoms with van der Waals surface area (Å²) in [5, 5.41) is 16.3. The zero-order valence-corrected chi connectivity index (χ0v) is 19.7. The molecule has 1 saturated carbocycles. The van der Waals surface area contributed by atoms with Gasteiger partial charge >= 0.3 is 5.97 Å². The van der Waals surface area contributed by atoms with Crippen molar-refractivity contribution in [3.63, 3.8) is 0 Å². The summed E-state index contributed by atoms with van der Waals surface area (Å²) in [5.41, 5.74) is 4.03. The first-order chi connectivity index (χ1) is 14.9. The Kier molecular flexibility index (Phi) is 5.98. The number of rotatable bonds is 8. The van der Waals surface area contributed by atoms with Gasteiger partial charge in [-0.05, 0) is 60.7 Å². The lowest BCUT2D eigenvalue weighted by molar-refractivity contribution is 0.0563. The highest BCUT2D eigenvalue weighted by molar-refractivity contribution is 9.10. The van der Waals surface area contributed by atoms with E-state index in [0.29, 0.717) is 11.6 Å². The molecule has 3 aromatic rings. The number of para-hydroxylation sites is 1. The number of methoxy groups -OCH3 is 1. The number of hydrogen-bond donors (Lipinski definition) is 1. The number of aromatic nitrogens is 4. The third kappa shape index (κ3) is 4.29. The van der Waals surface area contributed by atoms with E-state index in [1.54, 1.807) is 10.7 Å². The number of halogens is 1. The summed E-state index contributed by atoms with van der Waals surface area (Å²) < 4.78 is 12.4. The molecule has 2 aromatic heterocycles. The molecular weight excluding hydrogens is 462 g/mol. The van der Waals surface area contributed by atoms with E-state index in [1.807, 2.05) is 13.0 Å². The molecule has 0 aliphatic heterocycles. The summed E-state index contributed by atoms with van der Waals surface area (Å²) in [5.74, 6) is 0.901. The lowest BCUT2D eigenvalue weighted by atomic mass is 10.0. The van der Waals surface area contributed by atoms with Crippen molar-refractivity contribution < 1.29 is 13.9 Å². The predicted molar refractivity (Wildman–Crippen MR) is 119 cm³/mol. The highest BCUT2D eigenvalue weighted by Crippen LogP contribution is 2.44. The molecule has 0 radical (unpaired) electrons. The minimum absolute atomic E-state index is 0.0869. The first-order valence-corrected chi connectivity index (χ1v) is 11.1. The standard InChI is InChI=1S/C22H26BrN5O3/c1-5-15-8-6-7-13(2)19(15)28-20(25-26-27-28)18(24-12-22(23)9-10-22)16-11-17(21(29)30-4)31-14(16)3/h6-8,11,18,24H,5,9-10,12H2,1-4H3. The van der Waals surface area contributed by atoms with Gasteiger partial charge in [-0.1, -0.05) is 41.1 Å². The molecule has 0 saturated heterocycles. The molecule has 1 aromatic carbocycles. The van der Waals surface area contributed by atoms with Crippen LogP contribution in [-0.4, -0.2) is 44.2 Å². The average Bonchev–Trinajstić information content (AvgIpc) is 3.13. The van der Waals surface area contributed by atoms with Crippen molar-refractivity contribution in [3.05, 3.63) is 58.3 Å². The number of furan rings is 1. The maximum absolute atomic E-state index is 12.0. The second-order valence-electron chi connectivity index (χ2n) is 7.96. The number of nitrogens with zero attached hydrogens (tertiary/aromatic N) is 4. The third-order valence-corrected chi connectivity index (χ3v) is 6.81. The molecule has 1 atom stereocenters. The third-order valence-electron chi connectivity index (χ3n) is 5.74. The highest BCUT2D eigenvalue weighted by Gasteiger charge is 2.41. The van der Waals surface area contributed by atoms with E-state index in [2.05, 4.69) is 62.8 Å². The molecule has 4 rings (SSSR count). The molecule has 8 nitrogen and oxygen atoms in total. The van der Waals surface area contributed by atoms with E-state index in [-0.39, 0.29) is 16.1 Å². The van der Waals surface area contributed by atoms with Gasteiger partial charge in [0.15, 0.2) is 5.82 Å². The molecule has 0 spiro atoms. The van der Waals surface area contributed by atoms with Crippen molar-refractivity contribution in [1.29, 1.82) is 0 Å². The zero-order valence-electron chi connectivity index (χ0n) is 18.1. The summed E-state index contributed by atoms with van der Waals surface area (Å²) in [6, 6.07) is 7.54. The Morgan fingerprint density at radius 1 is 1.39 bits per heavy atom. The van der Waals surface area contributed by atoms with Crippen LogP contribution in [0.25, 0.3) is 5.69 Å². The van der Waals surface area contributed by atoms with E-state index in [9.17, 15) is 4.79 Å². The quantitative estimate of drug-likeness (QED) is 0.381. The van der Waals surface area contributed by atoms with Gasteiger partial charge in [-0.25, -0.2) is 4.79 Å². The van der Waals surface area contributed by atoms with Crippen LogP contribution in [0.5, 0.6) is 0 Å². The Labute approximate surface area is 189 Å². The van der Waals surface area contributed by atoms with Gasteiger partial charge in [-0.15, -0.1) is 5.10 Å². The van der Waals surface area contributed by atoms with Gasteiger partial charge in [0.25, 0.3) is 0 Å². The number of ether oxygens (including phenoxy) is 1. The zero-order chi connectivity index (χ0) is 22.2. The first-order valence-electron chi connectivity index (χ1n) is 10.3. The predicted octanol–water partition coefficient (Wildman–Crippen LogP) is 3.83. The minimum atomic E-state index is -0.515. The number of tetrazole rings is 1. The Balaban J connectivity index is 1.81. The summed E-state index contributed by atoms with van der Waals surface area (Å²) in [7, 11) is 1.34. The fraction of sp³-hybridized carbons (Fsp3) is 0.455. The fourth-order valence-electron chi connectivity index (χ4n) is 3.76. The Hall–Kier alpha value is -2.52. The van der Waals surface area contributed by atoms with Crippen molar-refractivity contribution in [2.75, 3.05) is 13.7 Å². The Morgan fingerprint density at radius 2 is 2.16 bits per heavy atom. The minimum Gasteiger partial charge on any atom is -0.463 e. The number of carbonyl (C=O) groups is 1. The van der Waals surface area contributed by atoms with E-state index in [4.69, 9.17) is 9.15 Å². The van der Waals surface area contributed by atoms with Crippen LogP contribution >= 0.6 is 15.9 Å². The molecule has 0 amide bonds. The Morgan fingerprint density at radius 3 is 2.84 bits per heavy atom. The maximum Gasteiger partial charge on any atom is 0.373 e. The number of aryl methyl sites for hydroxylation is 3. The summed E-state index contributed by atoms with van der Waals surface area (Å²) in [6.07, 6.45) is 3.07. The van der Waals surface area contributed by atoms with Crippen LogP contribution in [0.3, 0.4) is 0 Å². The lowest BCUT2D eigenvalue weighted by Crippen LogP contribution is -2.31. The fourth-order valence-corrected chi connectivity index (χ4v) is 4.12. The number of carbonyl (C=O) groups excluding carboxylic acids is 1. The number of hydrogen-bond acceptors (Lipinski definition) is 7. The van der Waals surface area contributed by atoms with Gasteiger partial charge in [-0.2, -0.15) is 4.68 Å². The van der Waals surface area contributed by atoms with Gasteiger partial charge in [-0.3, -0.25) is 0 Å². The van der Waals surface area contributed by atoms with Gasteiger partial charge in [0.05, 0.1) is 18.8 Å². The molecular formula is C22H26BrN5O3. The van der Waals surface area contributed by atoms with E-state index >= 15 is 0 Å². The van der Waals surface area contributed by atoms with Crippen molar-refractivity contribution in [2.24, 2.45) is 0 Å². The van der Waals surface area contributed by atoms with Gasteiger partial charge in [0.2, 0.25) is 5.76 Å². The average molecular weight is 488 g/mol. The maximum atomic E-state index is 12.0. The second kappa shape index (κ2) is 8.55. The summed E-state index contributed by atoms with van der Waals surface area (Å²) >= 11 is 3.79. The lowest BCUT2D eigenvalue weighted by Gasteiger charge is -2.21. The number of alkyl halides is 1. The van der Waals surface area contributed by atoms with E-state index in [0.717, 1.165) is 48.2 Å². The molecule has 9 heteroatoms. The first kappa shape index (κ1) is 21.7. The SMILES string of the molecule is CCc1cccc(C)c1-n1nnnc1C(NCC1(Br)CC1)c1cc(C(=O)OC)oc1C. The Bertz CT molecular complexity index is 1100. The van der Waals surface area contributed by atoms with Crippen molar-refractivity contribution in [2.45, 2.75) is 50.4 Å². The van der Waals surface area contributed by atoms with Crippen LogP contribution in [0, 0.1) is 13.8 Å².